The van der Waals surface area contributed by atoms with Gasteiger partial charge in [0.05, 0.1) is 0 Å². The van der Waals surface area contributed by atoms with Crippen LogP contribution >= 0.6 is 11.6 Å². The number of aliphatic imine (C=N–C) groups is 2. The first kappa shape index (κ1) is 19.3. The lowest BCUT2D eigenvalue weighted by atomic mass is 9.87. The second-order valence-corrected chi connectivity index (χ2v) is 7.77. The highest BCUT2D eigenvalue weighted by Crippen LogP contribution is 2.39. The highest BCUT2D eigenvalue weighted by Gasteiger charge is 2.42. The van der Waals surface area contributed by atoms with Crippen LogP contribution in [0.4, 0.5) is 11.4 Å². The zero-order valence-electron chi connectivity index (χ0n) is 15.9. The fourth-order valence-electron chi connectivity index (χ4n) is 4.02. The number of amides is 1. The predicted octanol–water partition coefficient (Wildman–Crippen LogP) is 3.70. The van der Waals surface area contributed by atoms with E-state index in [1.807, 2.05) is 17.0 Å². The minimum Gasteiger partial charge on any atom is -0.369 e. The topological polar surface area (TPSA) is 109 Å². The minimum absolute atomic E-state index is 0.206. The minimum atomic E-state index is -0.542. The number of anilines is 2. The number of benzene rings is 2. The molecular formula is C21H23ClN6O. The number of carbonyl (C=O) groups excluding carboxylic acids is 1. The molecule has 150 valence electrons. The maximum absolute atomic E-state index is 12.8. The number of nitrogens with two attached hydrogens (primary N) is 2. The third-order valence-electron chi connectivity index (χ3n) is 5.32. The zero-order valence-corrected chi connectivity index (χ0v) is 16.7. The molecule has 1 spiro atoms. The second kappa shape index (κ2) is 7.75. The van der Waals surface area contributed by atoms with Gasteiger partial charge >= 0.3 is 0 Å². The van der Waals surface area contributed by atoms with E-state index in [-0.39, 0.29) is 11.9 Å². The highest BCUT2D eigenvalue weighted by molar-refractivity contribution is 6.30. The molecule has 1 fully saturated rings. The summed E-state index contributed by atoms with van der Waals surface area (Å²) in [6.45, 7) is 0. The third-order valence-corrected chi connectivity index (χ3v) is 5.57. The molecule has 0 bridgehead atoms. The van der Waals surface area contributed by atoms with Crippen LogP contribution in [0.2, 0.25) is 5.02 Å². The average Bonchev–Trinajstić information content (AvgIpc) is 2.70. The smallest absolute Gasteiger partial charge is 0.255 e. The first-order chi connectivity index (χ1) is 14.0. The van der Waals surface area contributed by atoms with Gasteiger partial charge in [0, 0.05) is 22.0 Å². The van der Waals surface area contributed by atoms with E-state index >= 15 is 0 Å². The molecule has 2 aromatic rings. The summed E-state index contributed by atoms with van der Waals surface area (Å²) in [5, 5.41) is 3.49. The molecule has 1 aliphatic carbocycles. The van der Waals surface area contributed by atoms with Gasteiger partial charge in [0.1, 0.15) is 5.66 Å². The van der Waals surface area contributed by atoms with Gasteiger partial charge < -0.3 is 16.8 Å². The van der Waals surface area contributed by atoms with Crippen LogP contribution in [-0.2, 0) is 0 Å². The maximum Gasteiger partial charge on any atom is 0.255 e. The molecule has 1 heterocycles. The second-order valence-electron chi connectivity index (χ2n) is 7.33. The van der Waals surface area contributed by atoms with Crippen LogP contribution in [0.25, 0.3) is 0 Å². The Labute approximate surface area is 174 Å². The first-order valence-electron chi connectivity index (χ1n) is 9.64. The van der Waals surface area contributed by atoms with E-state index in [2.05, 4.69) is 15.3 Å². The Morgan fingerprint density at radius 2 is 1.79 bits per heavy atom. The number of carbonyl (C=O) groups is 1. The third kappa shape index (κ3) is 3.91. The number of nitrogens with zero attached hydrogens (tertiary/aromatic N) is 3. The Morgan fingerprint density at radius 1 is 1.07 bits per heavy atom. The lowest BCUT2D eigenvalue weighted by molar-refractivity contribution is 0.102. The molecular weight excluding hydrogens is 388 g/mol. The summed E-state index contributed by atoms with van der Waals surface area (Å²) in [7, 11) is 0. The van der Waals surface area contributed by atoms with E-state index in [0.29, 0.717) is 22.2 Å². The first-order valence-corrected chi connectivity index (χ1v) is 10.0. The van der Waals surface area contributed by atoms with E-state index in [9.17, 15) is 4.79 Å². The molecule has 0 saturated heterocycles. The van der Waals surface area contributed by atoms with Gasteiger partial charge in [0.25, 0.3) is 5.91 Å². The Morgan fingerprint density at radius 3 is 2.52 bits per heavy atom. The lowest BCUT2D eigenvalue weighted by Crippen LogP contribution is -2.58. The summed E-state index contributed by atoms with van der Waals surface area (Å²) in [5.74, 6) is 0.286. The van der Waals surface area contributed by atoms with Crippen LogP contribution < -0.4 is 21.7 Å². The van der Waals surface area contributed by atoms with Crippen molar-refractivity contribution in [1.29, 1.82) is 0 Å². The number of guanidine groups is 2. The van der Waals surface area contributed by atoms with Gasteiger partial charge in [0.15, 0.2) is 0 Å². The lowest BCUT2D eigenvalue weighted by Gasteiger charge is -2.45. The fourth-order valence-corrected chi connectivity index (χ4v) is 4.14. The highest BCUT2D eigenvalue weighted by atomic mass is 35.5. The van der Waals surface area contributed by atoms with Crippen molar-refractivity contribution in [3.8, 4) is 0 Å². The molecule has 1 saturated carbocycles. The van der Waals surface area contributed by atoms with Crippen LogP contribution in [-0.4, -0.2) is 23.5 Å². The molecule has 1 aliphatic heterocycles. The van der Waals surface area contributed by atoms with Crippen molar-refractivity contribution in [3.05, 3.63) is 59.1 Å². The van der Waals surface area contributed by atoms with Gasteiger partial charge in [-0.1, -0.05) is 24.1 Å². The van der Waals surface area contributed by atoms with Crippen LogP contribution in [0.15, 0.2) is 58.5 Å². The standard InChI is InChI=1S/C21H23ClN6O/c22-15-7-9-16(10-8-15)25-18(29)14-5-4-6-17(13-14)28-20(24)26-19(23)27-21(28)11-2-1-3-12-21/h4-10,13H,1-3,11-12H2,(H,25,29)(H4,23,24,26,27). The SMILES string of the molecule is NC1=NC2(CCCCC2)N(c2cccc(C(=O)Nc3ccc(Cl)cc3)c2)C(N)=N1. The van der Waals surface area contributed by atoms with Gasteiger partial charge in [0.2, 0.25) is 11.9 Å². The predicted molar refractivity (Wildman–Crippen MR) is 117 cm³/mol. The van der Waals surface area contributed by atoms with Crippen LogP contribution in [0.1, 0.15) is 42.5 Å². The Balaban J connectivity index is 1.64. The zero-order chi connectivity index (χ0) is 20.4. The summed E-state index contributed by atoms with van der Waals surface area (Å²) < 4.78 is 0. The van der Waals surface area contributed by atoms with Crippen molar-refractivity contribution in [2.24, 2.45) is 21.5 Å². The molecule has 5 N–H and O–H groups in total. The van der Waals surface area contributed by atoms with Crippen LogP contribution in [0.5, 0.6) is 0 Å². The van der Waals surface area contributed by atoms with Crippen molar-refractivity contribution in [3.63, 3.8) is 0 Å². The summed E-state index contributed by atoms with van der Waals surface area (Å²) >= 11 is 5.91. The number of hydrogen-bond acceptors (Lipinski definition) is 6. The van der Waals surface area contributed by atoms with E-state index in [1.54, 1.807) is 36.4 Å². The maximum atomic E-state index is 12.8. The van der Waals surface area contributed by atoms with Crippen LogP contribution in [0.3, 0.4) is 0 Å². The number of rotatable bonds is 3. The molecule has 29 heavy (non-hydrogen) atoms. The van der Waals surface area contributed by atoms with Crippen molar-refractivity contribution in [1.82, 2.24) is 0 Å². The monoisotopic (exact) mass is 410 g/mol. The summed E-state index contributed by atoms with van der Waals surface area (Å²) in [6, 6.07) is 14.3. The Hall–Kier alpha value is -3.06. The fraction of sp³-hybridized carbons (Fsp3) is 0.286. The molecule has 7 nitrogen and oxygen atoms in total. The molecule has 1 amide bonds. The molecule has 2 aliphatic rings. The number of nitrogens with one attached hydrogen (secondary N) is 1. The Bertz CT molecular complexity index is 979. The van der Waals surface area contributed by atoms with E-state index in [0.717, 1.165) is 37.8 Å². The van der Waals surface area contributed by atoms with Crippen molar-refractivity contribution in [2.45, 2.75) is 37.8 Å². The van der Waals surface area contributed by atoms with E-state index in [4.69, 9.17) is 23.1 Å². The van der Waals surface area contributed by atoms with Gasteiger partial charge in [-0.05, 0) is 68.1 Å². The molecule has 0 unspecified atom stereocenters. The van der Waals surface area contributed by atoms with Crippen molar-refractivity contribution < 1.29 is 4.79 Å². The molecule has 4 rings (SSSR count). The summed E-state index contributed by atoms with van der Waals surface area (Å²) in [4.78, 5) is 23.5. The Kier molecular flexibility index (Phi) is 5.15. The van der Waals surface area contributed by atoms with Gasteiger partial charge in [-0.2, -0.15) is 4.99 Å². The van der Waals surface area contributed by atoms with E-state index < -0.39 is 5.66 Å². The molecule has 2 aromatic carbocycles. The van der Waals surface area contributed by atoms with Crippen LogP contribution in [0, 0.1) is 0 Å². The largest absolute Gasteiger partial charge is 0.369 e. The van der Waals surface area contributed by atoms with Gasteiger partial charge in [-0.3, -0.25) is 9.69 Å². The summed E-state index contributed by atoms with van der Waals surface area (Å²) in [5.41, 5.74) is 13.6. The van der Waals surface area contributed by atoms with Crippen molar-refractivity contribution >= 4 is 40.8 Å². The average molecular weight is 411 g/mol. The molecule has 0 atom stereocenters. The van der Waals surface area contributed by atoms with E-state index in [1.165, 1.54) is 0 Å². The number of halogens is 1. The molecule has 0 radical (unpaired) electrons. The number of hydrogen-bond donors (Lipinski definition) is 3. The molecule has 8 heteroatoms. The normalized spacial score (nSPS) is 18.2. The quantitative estimate of drug-likeness (QED) is 0.716. The van der Waals surface area contributed by atoms with Gasteiger partial charge in [-0.25, -0.2) is 4.99 Å². The van der Waals surface area contributed by atoms with Gasteiger partial charge in [-0.15, -0.1) is 0 Å². The van der Waals surface area contributed by atoms with Crippen molar-refractivity contribution in [2.75, 3.05) is 10.2 Å². The summed E-state index contributed by atoms with van der Waals surface area (Å²) in [6.07, 6.45) is 4.91. The molecule has 0 aromatic heterocycles.